The molecule has 2 aromatic rings. The van der Waals surface area contributed by atoms with Crippen LogP contribution >= 0.6 is 11.6 Å². The van der Waals surface area contributed by atoms with Crippen LogP contribution in [0.2, 0.25) is 5.02 Å². The van der Waals surface area contributed by atoms with Crippen LogP contribution in [-0.2, 0) is 0 Å². The summed E-state index contributed by atoms with van der Waals surface area (Å²) in [4.78, 5) is 8.36. The molecule has 1 aliphatic heterocycles. The second-order valence-electron chi connectivity index (χ2n) is 5.07. The number of hydrogen-bond acceptors (Lipinski definition) is 4. The van der Waals surface area contributed by atoms with Crippen LogP contribution in [0.5, 0.6) is 5.75 Å². The predicted molar refractivity (Wildman–Crippen MR) is 77.7 cm³/mol. The van der Waals surface area contributed by atoms with E-state index in [-0.39, 0.29) is 16.7 Å². The molecule has 0 radical (unpaired) electrons. The molecule has 22 heavy (non-hydrogen) atoms. The van der Waals surface area contributed by atoms with Crippen molar-refractivity contribution in [1.82, 2.24) is 15.3 Å². The molecule has 1 fully saturated rings. The zero-order chi connectivity index (χ0) is 15.5. The van der Waals surface area contributed by atoms with E-state index in [2.05, 4.69) is 15.3 Å². The van der Waals surface area contributed by atoms with E-state index >= 15 is 0 Å². The second-order valence-corrected chi connectivity index (χ2v) is 5.45. The number of nitrogens with one attached hydrogen (secondary N) is 1. The SMILES string of the molecule is Fc1ccc(F)c(OC(c2ncccn2)C2CCNC2)c1Cl. The van der Waals surface area contributed by atoms with E-state index in [1.165, 1.54) is 0 Å². The van der Waals surface area contributed by atoms with Gasteiger partial charge >= 0.3 is 0 Å². The van der Waals surface area contributed by atoms with E-state index in [0.717, 1.165) is 25.1 Å². The van der Waals surface area contributed by atoms with E-state index in [0.29, 0.717) is 12.4 Å². The number of aromatic nitrogens is 2. The van der Waals surface area contributed by atoms with Gasteiger partial charge in [0.05, 0.1) is 0 Å². The van der Waals surface area contributed by atoms with E-state index in [1.54, 1.807) is 18.5 Å². The molecule has 1 aromatic heterocycles. The van der Waals surface area contributed by atoms with Crippen LogP contribution in [0.25, 0.3) is 0 Å². The maximum atomic E-state index is 14.0. The Hall–Kier alpha value is -1.79. The van der Waals surface area contributed by atoms with Crippen LogP contribution in [-0.4, -0.2) is 23.1 Å². The van der Waals surface area contributed by atoms with Crippen molar-refractivity contribution >= 4 is 11.6 Å². The zero-order valence-electron chi connectivity index (χ0n) is 11.6. The molecule has 0 bridgehead atoms. The number of hydrogen-bond donors (Lipinski definition) is 1. The number of ether oxygens (including phenoxy) is 1. The van der Waals surface area contributed by atoms with Crippen LogP contribution in [0.15, 0.2) is 30.6 Å². The summed E-state index contributed by atoms with van der Waals surface area (Å²) in [6.45, 7) is 1.52. The number of nitrogens with zero attached hydrogens (tertiary/aromatic N) is 2. The Morgan fingerprint density at radius 3 is 2.64 bits per heavy atom. The van der Waals surface area contributed by atoms with Crippen molar-refractivity contribution in [3.05, 3.63) is 53.1 Å². The van der Waals surface area contributed by atoms with Crippen molar-refractivity contribution in [3.63, 3.8) is 0 Å². The molecular formula is C15H14ClF2N3O. The predicted octanol–water partition coefficient (Wildman–Crippen LogP) is 3.14. The van der Waals surface area contributed by atoms with Crippen molar-refractivity contribution in [1.29, 1.82) is 0 Å². The summed E-state index contributed by atoms with van der Waals surface area (Å²) < 4.78 is 33.2. The van der Waals surface area contributed by atoms with Gasteiger partial charge in [0, 0.05) is 24.9 Å². The van der Waals surface area contributed by atoms with Crippen LogP contribution in [0, 0.1) is 17.6 Å². The summed E-state index contributed by atoms with van der Waals surface area (Å²) in [5.41, 5.74) is 0. The van der Waals surface area contributed by atoms with Crippen LogP contribution < -0.4 is 10.1 Å². The van der Waals surface area contributed by atoms with Gasteiger partial charge in [0.2, 0.25) is 0 Å². The molecule has 4 nitrogen and oxygen atoms in total. The van der Waals surface area contributed by atoms with Crippen molar-refractivity contribution in [3.8, 4) is 5.75 Å². The molecule has 1 aliphatic rings. The van der Waals surface area contributed by atoms with Gasteiger partial charge in [-0.25, -0.2) is 18.7 Å². The largest absolute Gasteiger partial charge is 0.477 e. The third-order valence-corrected chi connectivity index (χ3v) is 3.97. The average molecular weight is 326 g/mol. The quantitative estimate of drug-likeness (QED) is 0.877. The molecule has 2 unspecified atom stereocenters. The molecule has 2 heterocycles. The Morgan fingerprint density at radius 1 is 1.23 bits per heavy atom. The Bertz CT molecular complexity index is 651. The maximum Gasteiger partial charge on any atom is 0.177 e. The van der Waals surface area contributed by atoms with Gasteiger partial charge in [0.25, 0.3) is 0 Å². The Labute approximate surface area is 131 Å². The Morgan fingerprint density at radius 2 is 1.95 bits per heavy atom. The molecule has 3 rings (SSSR count). The molecule has 0 amide bonds. The smallest absolute Gasteiger partial charge is 0.177 e. The van der Waals surface area contributed by atoms with Crippen LogP contribution in [0.3, 0.4) is 0 Å². The summed E-state index contributed by atoms with van der Waals surface area (Å²) in [7, 11) is 0. The number of halogens is 3. The van der Waals surface area contributed by atoms with Gasteiger partial charge in [-0.15, -0.1) is 0 Å². The molecule has 1 saturated heterocycles. The monoisotopic (exact) mass is 325 g/mol. The molecule has 1 N–H and O–H groups in total. The highest BCUT2D eigenvalue weighted by Gasteiger charge is 2.31. The molecule has 2 atom stereocenters. The molecule has 0 saturated carbocycles. The Balaban J connectivity index is 1.95. The van der Waals surface area contributed by atoms with Gasteiger partial charge in [0.15, 0.2) is 23.5 Å². The lowest BCUT2D eigenvalue weighted by Crippen LogP contribution is -2.23. The van der Waals surface area contributed by atoms with Gasteiger partial charge in [-0.2, -0.15) is 0 Å². The third kappa shape index (κ3) is 3.03. The van der Waals surface area contributed by atoms with Gasteiger partial charge < -0.3 is 10.1 Å². The van der Waals surface area contributed by atoms with Crippen LogP contribution in [0.4, 0.5) is 8.78 Å². The summed E-state index contributed by atoms with van der Waals surface area (Å²) in [5, 5.41) is 2.84. The minimum Gasteiger partial charge on any atom is -0.477 e. The highest BCUT2D eigenvalue weighted by molar-refractivity contribution is 6.32. The summed E-state index contributed by atoms with van der Waals surface area (Å²) >= 11 is 5.84. The molecule has 0 aliphatic carbocycles. The first-order valence-corrected chi connectivity index (χ1v) is 7.32. The number of benzene rings is 1. The summed E-state index contributed by atoms with van der Waals surface area (Å²) in [6.07, 6.45) is 3.41. The molecule has 116 valence electrons. The Kier molecular flexibility index (Phi) is 4.49. The molecule has 7 heteroatoms. The van der Waals surface area contributed by atoms with Gasteiger partial charge in [-0.05, 0) is 31.2 Å². The first-order valence-electron chi connectivity index (χ1n) is 6.94. The first-order chi connectivity index (χ1) is 10.7. The van der Waals surface area contributed by atoms with E-state index in [9.17, 15) is 8.78 Å². The van der Waals surface area contributed by atoms with E-state index in [1.807, 2.05) is 0 Å². The lowest BCUT2D eigenvalue weighted by molar-refractivity contribution is 0.129. The fraction of sp³-hybridized carbons (Fsp3) is 0.333. The zero-order valence-corrected chi connectivity index (χ0v) is 12.4. The fourth-order valence-corrected chi connectivity index (χ4v) is 2.69. The summed E-state index contributed by atoms with van der Waals surface area (Å²) in [6, 6.07) is 3.64. The lowest BCUT2D eigenvalue weighted by Gasteiger charge is -2.23. The minimum absolute atomic E-state index is 0.0566. The fourth-order valence-electron chi connectivity index (χ4n) is 2.50. The third-order valence-electron chi connectivity index (χ3n) is 3.61. The normalized spacial score (nSPS) is 19.1. The summed E-state index contributed by atoms with van der Waals surface area (Å²) in [5.74, 6) is -1.25. The minimum atomic E-state index is -0.727. The van der Waals surface area contributed by atoms with Crippen molar-refractivity contribution in [2.45, 2.75) is 12.5 Å². The highest BCUT2D eigenvalue weighted by atomic mass is 35.5. The average Bonchev–Trinajstić information content (AvgIpc) is 3.06. The molecule has 1 aromatic carbocycles. The van der Waals surface area contributed by atoms with Crippen molar-refractivity contribution in [2.24, 2.45) is 5.92 Å². The maximum absolute atomic E-state index is 14.0. The van der Waals surface area contributed by atoms with E-state index in [4.69, 9.17) is 16.3 Å². The van der Waals surface area contributed by atoms with Gasteiger partial charge in [-0.1, -0.05) is 11.6 Å². The van der Waals surface area contributed by atoms with Crippen LogP contribution in [0.1, 0.15) is 18.3 Å². The second kappa shape index (κ2) is 6.54. The topological polar surface area (TPSA) is 47.0 Å². The van der Waals surface area contributed by atoms with Gasteiger partial charge in [0.1, 0.15) is 10.8 Å². The van der Waals surface area contributed by atoms with Crippen molar-refractivity contribution in [2.75, 3.05) is 13.1 Å². The van der Waals surface area contributed by atoms with Crippen molar-refractivity contribution < 1.29 is 13.5 Å². The highest BCUT2D eigenvalue weighted by Crippen LogP contribution is 2.36. The van der Waals surface area contributed by atoms with Gasteiger partial charge in [-0.3, -0.25) is 0 Å². The van der Waals surface area contributed by atoms with E-state index < -0.39 is 17.7 Å². The first kappa shape index (κ1) is 15.1. The lowest BCUT2D eigenvalue weighted by atomic mass is 10.0. The molecular weight excluding hydrogens is 312 g/mol. The number of rotatable bonds is 4. The standard InChI is InChI=1S/C15H14ClF2N3O/c16-12-10(17)2-3-11(18)14(12)22-13(9-4-7-19-8-9)15-20-5-1-6-21-15/h1-3,5-6,9,13,19H,4,7-8H2. The molecule has 0 spiro atoms.